The first-order chi connectivity index (χ1) is 26.6. The van der Waals surface area contributed by atoms with E-state index in [2.05, 4.69) is 30.4 Å². The van der Waals surface area contributed by atoms with Gasteiger partial charge in [-0.25, -0.2) is 0 Å². The van der Waals surface area contributed by atoms with Crippen LogP contribution < -0.4 is 11.1 Å². The summed E-state index contributed by atoms with van der Waals surface area (Å²) < 4.78 is 12.3. The normalized spacial score (nSPS) is 42.3. The largest absolute Gasteiger partial charge is 0.471 e. The monoisotopic (exact) mass is 754 g/mol. The number of aliphatic imine (C=N–C) groups is 1. The lowest BCUT2D eigenvalue weighted by atomic mass is 9.40. The lowest BCUT2D eigenvalue weighted by Crippen LogP contribution is -2.57. The highest BCUT2D eigenvalue weighted by Gasteiger charge is 2.68. The quantitative estimate of drug-likeness (QED) is 0.0832. The molecule has 7 aliphatic rings. The van der Waals surface area contributed by atoms with Gasteiger partial charge in [0.25, 0.3) is 0 Å². The lowest BCUT2D eigenvalue weighted by Gasteiger charge is -2.64. The predicted molar refractivity (Wildman–Crippen MR) is 221 cm³/mol. The molecule has 7 heteroatoms. The number of nitrogens with zero attached hydrogens (tertiary/aromatic N) is 1. The zero-order chi connectivity index (χ0) is 37.8. The van der Waals surface area contributed by atoms with Crippen molar-refractivity contribution in [2.75, 3.05) is 13.1 Å². The van der Waals surface area contributed by atoms with Gasteiger partial charge < -0.3 is 30.4 Å². The predicted octanol–water partition coefficient (Wildman–Crippen LogP) is 9.63. The third kappa shape index (κ3) is 7.35. The second-order valence-electron chi connectivity index (χ2n) is 20.6. The van der Waals surface area contributed by atoms with Crippen molar-refractivity contribution in [2.45, 2.75) is 172 Å². The fourth-order valence-corrected chi connectivity index (χ4v) is 14.6. The molecule has 0 bridgehead atoms. The van der Waals surface area contributed by atoms with Crippen LogP contribution >= 0.6 is 0 Å². The summed E-state index contributed by atoms with van der Waals surface area (Å²) in [5, 5.41) is 27.3. The third-order valence-corrected chi connectivity index (χ3v) is 17.3. The topological polar surface area (TPSA) is 117 Å². The molecule has 0 unspecified atom stereocenters. The molecule has 6 saturated carbocycles. The first-order valence-electron chi connectivity index (χ1n) is 22.8. The number of nitrogens with one attached hydrogen (secondary N) is 1. The van der Waals surface area contributed by atoms with Crippen molar-refractivity contribution in [1.29, 1.82) is 0 Å². The molecule has 7 nitrogen and oxygen atoms in total. The molecule has 7 fully saturated rings. The minimum atomic E-state index is -0.673. The highest BCUT2D eigenvalue weighted by Crippen LogP contribution is 2.72. The molecule has 9 rings (SSSR count). The Morgan fingerprint density at radius 2 is 1.82 bits per heavy atom. The van der Waals surface area contributed by atoms with E-state index in [0.717, 1.165) is 81.2 Å². The van der Waals surface area contributed by atoms with E-state index in [1.54, 1.807) is 5.57 Å². The molecule has 11 atom stereocenters. The summed E-state index contributed by atoms with van der Waals surface area (Å²) in [5.41, 5.74) is 9.27. The highest BCUT2D eigenvalue weighted by atomic mass is 16.6. The molecule has 55 heavy (non-hydrogen) atoms. The number of epoxide rings is 1. The fraction of sp³-hybridized carbons (Fsp3) is 0.771. The molecule has 6 aliphatic carbocycles. The Hall–Kier alpha value is -2.35. The van der Waals surface area contributed by atoms with E-state index in [1.807, 2.05) is 12.5 Å². The summed E-state index contributed by atoms with van der Waals surface area (Å²) in [6.07, 6.45) is 29.4. The summed E-state index contributed by atoms with van der Waals surface area (Å²) in [7, 11) is 0. The van der Waals surface area contributed by atoms with E-state index in [-0.39, 0.29) is 17.1 Å². The first-order valence-corrected chi connectivity index (χ1v) is 22.8. The smallest absolute Gasteiger partial charge is 0.188 e. The minimum Gasteiger partial charge on any atom is -0.471 e. The van der Waals surface area contributed by atoms with Crippen molar-refractivity contribution >= 4 is 16.7 Å². The fourth-order valence-electron chi connectivity index (χ4n) is 14.6. The molecule has 1 aromatic heterocycles. The number of ether oxygens (including phenoxy) is 1. The number of nitrogens with two attached hydrogens (primary N) is 1. The molecule has 2 aromatic rings. The SMILES string of the molecule is C=C1C[C@@]2(CC[C@H](CC[C@@]3(O)CCC[C@H](O)C3)C2)[C@@H]2O[C@]2(C)CC[C@@H]2[C@@H]1C[C@]2(C1CCCCC1)[C@@H]1CC[C@H](CN=C(N)NCCc2cccc3cocc23)C1. The number of guanidine groups is 1. The number of fused-ring (bicyclic) bond motifs is 4. The molecule has 0 radical (unpaired) electrons. The Bertz CT molecular complexity index is 1720. The summed E-state index contributed by atoms with van der Waals surface area (Å²) in [6, 6.07) is 6.36. The number of aliphatic hydroxyl groups is 2. The van der Waals surface area contributed by atoms with Crippen molar-refractivity contribution in [3.05, 3.63) is 48.4 Å². The van der Waals surface area contributed by atoms with Gasteiger partial charge in [-0.2, -0.15) is 0 Å². The van der Waals surface area contributed by atoms with Gasteiger partial charge >= 0.3 is 0 Å². The Morgan fingerprint density at radius 1 is 0.945 bits per heavy atom. The minimum absolute atomic E-state index is 0.00608. The molecular formula is C48H71N3O4. The number of benzene rings is 1. The van der Waals surface area contributed by atoms with Crippen molar-refractivity contribution < 1.29 is 19.4 Å². The third-order valence-electron chi connectivity index (χ3n) is 17.3. The van der Waals surface area contributed by atoms with Gasteiger partial charge in [-0.05, 0) is 169 Å². The molecule has 1 aromatic carbocycles. The van der Waals surface area contributed by atoms with Crippen LogP contribution in [0.2, 0.25) is 0 Å². The zero-order valence-corrected chi connectivity index (χ0v) is 33.9. The molecular weight excluding hydrogens is 683 g/mol. The van der Waals surface area contributed by atoms with Gasteiger partial charge in [0.2, 0.25) is 0 Å². The number of rotatable bonds is 10. The van der Waals surface area contributed by atoms with E-state index in [4.69, 9.17) is 26.5 Å². The van der Waals surface area contributed by atoms with Crippen LogP contribution in [0, 0.1) is 46.3 Å². The zero-order valence-electron chi connectivity index (χ0n) is 33.9. The van der Waals surface area contributed by atoms with Crippen LogP contribution in [0.3, 0.4) is 0 Å². The second kappa shape index (κ2) is 15.1. The average Bonchev–Trinajstić information content (AvgIpc) is 3.60. The van der Waals surface area contributed by atoms with Gasteiger partial charge in [0.05, 0.1) is 35.9 Å². The van der Waals surface area contributed by atoms with Crippen LogP contribution in [0.5, 0.6) is 0 Å². The van der Waals surface area contributed by atoms with Crippen LogP contribution in [0.1, 0.15) is 147 Å². The van der Waals surface area contributed by atoms with Gasteiger partial charge in [0.15, 0.2) is 5.96 Å². The number of hydrogen-bond donors (Lipinski definition) is 4. The molecule has 5 N–H and O–H groups in total. The van der Waals surface area contributed by atoms with Crippen molar-refractivity contribution in [1.82, 2.24) is 5.32 Å². The number of hydrogen-bond acceptors (Lipinski definition) is 5. The Labute approximate surface area is 330 Å². The highest BCUT2D eigenvalue weighted by molar-refractivity contribution is 5.84. The Morgan fingerprint density at radius 3 is 2.67 bits per heavy atom. The number of furan rings is 1. The maximum atomic E-state index is 11.3. The summed E-state index contributed by atoms with van der Waals surface area (Å²) in [5.74, 6) is 4.88. The van der Waals surface area contributed by atoms with E-state index >= 15 is 0 Å². The van der Waals surface area contributed by atoms with Crippen molar-refractivity contribution in [2.24, 2.45) is 57.1 Å². The molecule has 302 valence electrons. The maximum absolute atomic E-state index is 11.3. The van der Waals surface area contributed by atoms with Crippen LogP contribution in [0.25, 0.3) is 10.8 Å². The molecule has 1 saturated heterocycles. The Balaban J connectivity index is 0.850. The van der Waals surface area contributed by atoms with Crippen LogP contribution in [-0.2, 0) is 11.2 Å². The average molecular weight is 754 g/mol. The first kappa shape index (κ1) is 38.2. The van der Waals surface area contributed by atoms with Gasteiger partial charge in [0.1, 0.15) is 0 Å². The maximum Gasteiger partial charge on any atom is 0.188 e. The van der Waals surface area contributed by atoms with Crippen molar-refractivity contribution in [3.8, 4) is 0 Å². The van der Waals surface area contributed by atoms with Crippen molar-refractivity contribution in [3.63, 3.8) is 0 Å². The van der Waals surface area contributed by atoms with Crippen LogP contribution in [-0.4, -0.2) is 52.7 Å². The molecule has 1 spiro atoms. The van der Waals surface area contributed by atoms with Gasteiger partial charge in [-0.3, -0.25) is 4.99 Å². The lowest BCUT2D eigenvalue weighted by molar-refractivity contribution is -0.138. The second-order valence-corrected chi connectivity index (χ2v) is 20.6. The van der Waals surface area contributed by atoms with E-state index in [0.29, 0.717) is 41.7 Å². The van der Waals surface area contributed by atoms with Crippen LogP contribution in [0.15, 0.2) is 52.3 Å². The van der Waals surface area contributed by atoms with Gasteiger partial charge in [-0.15, -0.1) is 0 Å². The standard InChI is InChI=1S/C48H71N3O4/c1-32-25-46(21-15-33(26-46)16-22-47(53)19-7-12-39(52)27-47)43-45(2,55-43)20-17-42-40(32)28-48(42,37-10-4-3-5-11-37)38-14-13-34(24-38)29-51-44(49)50-23-18-35-8-6-9-36-30-54-31-41(35)36/h6,8-9,30-31,33-34,37-40,42-43,52-53H,1,3-5,7,10-29H2,2H3,(H3,49,50,51)/t33-,34+,38-,39+,40-,42-,43-,45-,46-,47+,48+/m1/s1. The molecule has 0 amide bonds. The number of allylic oxidation sites excluding steroid dienone is 1. The molecule has 1 aliphatic heterocycles. The van der Waals surface area contributed by atoms with Gasteiger partial charge in [0, 0.05) is 35.7 Å². The van der Waals surface area contributed by atoms with Gasteiger partial charge in [-0.1, -0.05) is 49.6 Å². The number of aliphatic hydroxyl groups excluding tert-OH is 1. The van der Waals surface area contributed by atoms with E-state index in [1.165, 1.54) is 101 Å². The van der Waals surface area contributed by atoms with E-state index in [9.17, 15) is 10.2 Å². The van der Waals surface area contributed by atoms with Crippen LogP contribution in [0.4, 0.5) is 0 Å². The molecule has 2 heterocycles. The summed E-state index contributed by atoms with van der Waals surface area (Å²) in [4.78, 5) is 4.92. The summed E-state index contributed by atoms with van der Waals surface area (Å²) >= 11 is 0. The van der Waals surface area contributed by atoms with E-state index < -0.39 is 5.60 Å². The Kier molecular flexibility index (Phi) is 10.5. The summed E-state index contributed by atoms with van der Waals surface area (Å²) in [6.45, 7) is 9.04.